The van der Waals surface area contributed by atoms with E-state index in [2.05, 4.69) is 0 Å². The van der Waals surface area contributed by atoms with Crippen LogP contribution in [0.3, 0.4) is 0 Å². The summed E-state index contributed by atoms with van der Waals surface area (Å²) in [6, 6.07) is 0.251. The van der Waals surface area contributed by atoms with E-state index in [0.29, 0.717) is 44.4 Å². The molecule has 0 saturated carbocycles. The van der Waals surface area contributed by atoms with E-state index < -0.39 is 0 Å². The summed E-state index contributed by atoms with van der Waals surface area (Å²) in [5.41, 5.74) is 5.53. The van der Waals surface area contributed by atoms with Gasteiger partial charge >= 0.3 is 0 Å². The highest BCUT2D eigenvalue weighted by Gasteiger charge is 2.21. The third kappa shape index (κ3) is 4.97. The van der Waals surface area contributed by atoms with E-state index in [1.165, 1.54) is 0 Å². The number of hydrogen-bond donors (Lipinski definition) is 1. The summed E-state index contributed by atoms with van der Waals surface area (Å²) < 4.78 is 5.22. The van der Waals surface area contributed by atoms with E-state index in [9.17, 15) is 4.79 Å². The van der Waals surface area contributed by atoms with Gasteiger partial charge in [0.25, 0.3) is 0 Å². The number of nitrogens with zero attached hydrogens (tertiary/aromatic N) is 2. The number of amides is 1. The third-order valence-corrected chi connectivity index (χ3v) is 2.92. The fraction of sp³-hybridized carbons (Fsp3) is 0.818. The summed E-state index contributed by atoms with van der Waals surface area (Å²) in [7, 11) is 0. The number of nitrogens with two attached hydrogens (primary N) is 1. The van der Waals surface area contributed by atoms with Crippen molar-refractivity contribution in [2.24, 2.45) is 5.73 Å². The van der Waals surface area contributed by atoms with Gasteiger partial charge in [-0.3, -0.25) is 9.69 Å². The number of rotatable bonds is 5. The van der Waals surface area contributed by atoms with E-state index in [0.717, 1.165) is 0 Å². The van der Waals surface area contributed by atoms with Gasteiger partial charge < -0.3 is 15.4 Å². The number of thiocarbonyl (C=S) groups is 1. The highest BCUT2D eigenvalue weighted by atomic mass is 32.1. The van der Waals surface area contributed by atoms with Crippen LogP contribution >= 0.6 is 12.2 Å². The van der Waals surface area contributed by atoms with Gasteiger partial charge in [-0.1, -0.05) is 12.2 Å². The number of morpholine rings is 1. The molecule has 98 valence electrons. The summed E-state index contributed by atoms with van der Waals surface area (Å²) >= 11 is 4.89. The molecular weight excluding hydrogens is 238 g/mol. The highest BCUT2D eigenvalue weighted by Crippen LogP contribution is 2.03. The van der Waals surface area contributed by atoms with Gasteiger partial charge in [0.2, 0.25) is 5.91 Å². The van der Waals surface area contributed by atoms with Gasteiger partial charge in [0.05, 0.1) is 24.7 Å². The molecule has 1 rings (SSSR count). The molecule has 0 radical (unpaired) electrons. The minimum absolute atomic E-state index is 0.123. The van der Waals surface area contributed by atoms with Crippen molar-refractivity contribution in [1.82, 2.24) is 9.80 Å². The van der Waals surface area contributed by atoms with Gasteiger partial charge in [-0.05, 0) is 13.8 Å². The fourth-order valence-corrected chi connectivity index (χ4v) is 1.87. The Morgan fingerprint density at radius 3 is 2.47 bits per heavy atom. The molecule has 1 saturated heterocycles. The van der Waals surface area contributed by atoms with E-state index in [-0.39, 0.29) is 11.9 Å². The van der Waals surface area contributed by atoms with Crippen molar-refractivity contribution in [3.8, 4) is 0 Å². The smallest absolute Gasteiger partial charge is 0.236 e. The van der Waals surface area contributed by atoms with E-state index in [1.54, 1.807) is 0 Å². The Morgan fingerprint density at radius 2 is 2.00 bits per heavy atom. The molecule has 2 N–H and O–H groups in total. The van der Waals surface area contributed by atoms with Crippen LogP contribution in [0.25, 0.3) is 0 Å². The van der Waals surface area contributed by atoms with Crippen LogP contribution in [0.15, 0.2) is 0 Å². The first-order valence-corrected chi connectivity index (χ1v) is 6.29. The van der Waals surface area contributed by atoms with Crippen molar-refractivity contribution >= 4 is 23.1 Å². The van der Waals surface area contributed by atoms with Crippen molar-refractivity contribution < 1.29 is 9.53 Å². The van der Waals surface area contributed by atoms with Crippen LogP contribution in [-0.2, 0) is 9.53 Å². The predicted octanol–water partition coefficient (Wildman–Crippen LogP) is -0.158. The molecule has 5 nitrogen and oxygen atoms in total. The largest absolute Gasteiger partial charge is 0.392 e. The van der Waals surface area contributed by atoms with Crippen LogP contribution in [0.4, 0.5) is 0 Å². The van der Waals surface area contributed by atoms with Crippen LogP contribution < -0.4 is 5.73 Å². The SMILES string of the molecule is CC(C)N(CC(=O)N1CCOCC1)CC(N)=S. The Hall–Kier alpha value is -0.720. The van der Waals surface area contributed by atoms with E-state index in [1.807, 2.05) is 23.6 Å². The summed E-state index contributed by atoms with van der Waals surface area (Å²) in [6.07, 6.45) is 0. The van der Waals surface area contributed by atoms with E-state index in [4.69, 9.17) is 22.7 Å². The summed E-state index contributed by atoms with van der Waals surface area (Å²) in [6.45, 7) is 7.54. The van der Waals surface area contributed by atoms with Gasteiger partial charge in [0, 0.05) is 25.7 Å². The average Bonchev–Trinajstić information content (AvgIpc) is 2.28. The lowest BCUT2D eigenvalue weighted by atomic mass is 10.3. The molecule has 0 bridgehead atoms. The number of carbonyl (C=O) groups is 1. The fourth-order valence-electron chi connectivity index (χ4n) is 1.71. The molecule has 1 fully saturated rings. The second kappa shape index (κ2) is 6.88. The summed E-state index contributed by atoms with van der Waals surface area (Å²) in [5.74, 6) is 0.123. The predicted molar refractivity (Wildman–Crippen MR) is 70.9 cm³/mol. The van der Waals surface area contributed by atoms with Crippen molar-refractivity contribution in [3.63, 3.8) is 0 Å². The first-order valence-electron chi connectivity index (χ1n) is 5.88. The molecule has 6 heteroatoms. The molecule has 17 heavy (non-hydrogen) atoms. The van der Waals surface area contributed by atoms with Gasteiger partial charge in [0.15, 0.2) is 0 Å². The molecule has 0 aromatic rings. The average molecular weight is 259 g/mol. The Labute approximate surface area is 108 Å². The summed E-state index contributed by atoms with van der Waals surface area (Å²) in [5, 5.41) is 0. The molecule has 0 aliphatic carbocycles. The second-order valence-electron chi connectivity index (χ2n) is 4.46. The van der Waals surface area contributed by atoms with Crippen LogP contribution in [0.1, 0.15) is 13.8 Å². The maximum atomic E-state index is 12.0. The van der Waals surface area contributed by atoms with Crippen LogP contribution in [0, 0.1) is 0 Å². The topological polar surface area (TPSA) is 58.8 Å². The van der Waals surface area contributed by atoms with Crippen molar-refractivity contribution in [3.05, 3.63) is 0 Å². The van der Waals surface area contributed by atoms with Crippen molar-refractivity contribution in [2.75, 3.05) is 39.4 Å². The van der Waals surface area contributed by atoms with Crippen LogP contribution in [-0.4, -0.2) is 66.1 Å². The normalized spacial score (nSPS) is 16.6. The molecular formula is C11H21N3O2S. The molecule has 1 aliphatic heterocycles. The zero-order chi connectivity index (χ0) is 12.8. The van der Waals surface area contributed by atoms with Gasteiger partial charge in [-0.2, -0.15) is 0 Å². The second-order valence-corrected chi connectivity index (χ2v) is 4.98. The monoisotopic (exact) mass is 259 g/mol. The maximum absolute atomic E-state index is 12.0. The molecule has 0 unspecified atom stereocenters. The first kappa shape index (κ1) is 14.3. The molecule has 0 aromatic heterocycles. The standard InChI is InChI=1S/C11H21N3O2S/c1-9(2)14(7-10(12)17)8-11(15)13-3-5-16-6-4-13/h9H,3-8H2,1-2H3,(H2,12,17). The highest BCUT2D eigenvalue weighted by molar-refractivity contribution is 7.80. The van der Waals surface area contributed by atoms with Crippen molar-refractivity contribution in [1.29, 1.82) is 0 Å². The van der Waals surface area contributed by atoms with Gasteiger partial charge in [-0.15, -0.1) is 0 Å². The lowest BCUT2D eigenvalue weighted by Gasteiger charge is -2.31. The lowest BCUT2D eigenvalue weighted by Crippen LogP contribution is -2.48. The minimum Gasteiger partial charge on any atom is -0.392 e. The Morgan fingerprint density at radius 1 is 1.41 bits per heavy atom. The van der Waals surface area contributed by atoms with E-state index >= 15 is 0 Å². The molecule has 0 spiro atoms. The molecule has 1 amide bonds. The molecule has 1 aliphatic rings. The molecule has 1 heterocycles. The Balaban J connectivity index is 2.47. The van der Waals surface area contributed by atoms with Crippen LogP contribution in [0.5, 0.6) is 0 Å². The summed E-state index contributed by atoms with van der Waals surface area (Å²) in [4.78, 5) is 16.3. The van der Waals surface area contributed by atoms with Crippen molar-refractivity contribution in [2.45, 2.75) is 19.9 Å². The zero-order valence-electron chi connectivity index (χ0n) is 10.5. The van der Waals surface area contributed by atoms with Gasteiger partial charge in [0.1, 0.15) is 0 Å². The van der Waals surface area contributed by atoms with Crippen LogP contribution in [0.2, 0.25) is 0 Å². The quantitative estimate of drug-likeness (QED) is 0.695. The molecule has 0 atom stereocenters. The maximum Gasteiger partial charge on any atom is 0.236 e. The lowest BCUT2D eigenvalue weighted by molar-refractivity contribution is -0.136. The Bertz CT molecular complexity index is 278. The number of ether oxygens (including phenoxy) is 1. The first-order chi connectivity index (χ1) is 8.00. The number of hydrogen-bond acceptors (Lipinski definition) is 4. The zero-order valence-corrected chi connectivity index (χ0v) is 11.3. The number of carbonyl (C=O) groups excluding carboxylic acids is 1. The Kier molecular flexibility index (Phi) is 5.80. The van der Waals surface area contributed by atoms with Gasteiger partial charge in [-0.25, -0.2) is 0 Å². The third-order valence-electron chi connectivity index (χ3n) is 2.79. The molecule has 0 aromatic carbocycles. The minimum atomic E-state index is 0.123.